The highest BCUT2D eigenvalue weighted by Gasteiger charge is 2.26. The van der Waals surface area contributed by atoms with Gasteiger partial charge < -0.3 is 5.32 Å². The number of thiophene rings is 1. The minimum atomic E-state index is -3.24. The molecule has 1 aliphatic rings. The van der Waals surface area contributed by atoms with E-state index in [9.17, 15) is 13.2 Å². The molecule has 5 nitrogen and oxygen atoms in total. The Balaban J connectivity index is 1.51. The normalized spacial score (nSPS) is 13.7. The van der Waals surface area contributed by atoms with E-state index >= 15 is 0 Å². The van der Waals surface area contributed by atoms with Gasteiger partial charge in [-0.25, -0.2) is 8.42 Å². The van der Waals surface area contributed by atoms with Crippen LogP contribution in [0, 0.1) is 0 Å². The summed E-state index contributed by atoms with van der Waals surface area (Å²) in [4.78, 5) is 13.4. The molecule has 0 saturated carbocycles. The summed E-state index contributed by atoms with van der Waals surface area (Å²) in [6.45, 7) is 0.467. The first kappa shape index (κ1) is 17.9. The first-order chi connectivity index (χ1) is 11.9. The van der Waals surface area contributed by atoms with Crippen molar-refractivity contribution in [1.29, 1.82) is 0 Å². The predicted octanol–water partition coefficient (Wildman–Crippen LogP) is 3.42. The number of nitrogens with zero attached hydrogens (tertiary/aromatic N) is 1. The summed E-state index contributed by atoms with van der Waals surface area (Å²) in [5.41, 5.74) is 2.41. The van der Waals surface area contributed by atoms with E-state index in [2.05, 4.69) is 16.8 Å². The van der Waals surface area contributed by atoms with Gasteiger partial charge in [-0.2, -0.15) is 0 Å². The van der Waals surface area contributed by atoms with E-state index in [4.69, 9.17) is 0 Å². The van der Waals surface area contributed by atoms with Gasteiger partial charge in [0, 0.05) is 23.5 Å². The van der Waals surface area contributed by atoms with Crippen molar-refractivity contribution < 1.29 is 13.2 Å². The van der Waals surface area contributed by atoms with Crippen molar-refractivity contribution in [2.45, 2.75) is 32.1 Å². The number of hydrogen-bond donors (Lipinski definition) is 1. The second-order valence-electron chi connectivity index (χ2n) is 6.26. The lowest BCUT2D eigenvalue weighted by Gasteiger charge is -2.16. The molecule has 134 valence electrons. The molecule has 0 fully saturated rings. The van der Waals surface area contributed by atoms with E-state index in [1.165, 1.54) is 15.4 Å². The Hall–Kier alpha value is -1.86. The van der Waals surface area contributed by atoms with Crippen LogP contribution in [0.25, 0.3) is 0 Å². The summed E-state index contributed by atoms with van der Waals surface area (Å²) in [6.07, 6.45) is 5.27. The molecule has 7 heteroatoms. The highest BCUT2D eigenvalue weighted by Crippen LogP contribution is 2.32. The summed E-state index contributed by atoms with van der Waals surface area (Å²) in [7, 11) is -3.24. The number of rotatable bonds is 7. The van der Waals surface area contributed by atoms with Gasteiger partial charge in [-0.1, -0.05) is 6.07 Å². The third kappa shape index (κ3) is 4.61. The van der Waals surface area contributed by atoms with Gasteiger partial charge >= 0.3 is 0 Å². The molecule has 2 aromatic rings. The van der Waals surface area contributed by atoms with Gasteiger partial charge in [0.05, 0.1) is 11.9 Å². The summed E-state index contributed by atoms with van der Waals surface area (Å²) in [6, 6.07) is 9.59. The van der Waals surface area contributed by atoms with E-state index in [1.807, 2.05) is 12.1 Å². The van der Waals surface area contributed by atoms with Gasteiger partial charge in [0.25, 0.3) is 0 Å². The number of anilines is 2. The molecule has 0 spiro atoms. The summed E-state index contributed by atoms with van der Waals surface area (Å²) < 4.78 is 24.9. The van der Waals surface area contributed by atoms with Crippen molar-refractivity contribution in [3.05, 3.63) is 46.2 Å². The number of carbonyl (C=O) groups excluding carboxylic acids is 1. The average molecular weight is 379 g/mol. The highest BCUT2D eigenvalue weighted by molar-refractivity contribution is 7.92. The molecule has 0 saturated heterocycles. The number of amides is 1. The van der Waals surface area contributed by atoms with Crippen LogP contribution in [0.4, 0.5) is 11.4 Å². The summed E-state index contributed by atoms with van der Waals surface area (Å²) in [5.74, 6) is 0.00379. The molecule has 0 bridgehead atoms. The maximum Gasteiger partial charge on any atom is 0.232 e. The van der Waals surface area contributed by atoms with Crippen LogP contribution in [0.1, 0.15) is 29.7 Å². The van der Waals surface area contributed by atoms with Crippen molar-refractivity contribution in [2.24, 2.45) is 0 Å². The molecule has 1 aliphatic heterocycles. The second kappa shape index (κ2) is 7.58. The Morgan fingerprint density at radius 3 is 2.84 bits per heavy atom. The first-order valence-electron chi connectivity index (χ1n) is 8.36. The van der Waals surface area contributed by atoms with Crippen LogP contribution < -0.4 is 9.62 Å². The van der Waals surface area contributed by atoms with Crippen LogP contribution in [-0.2, 0) is 27.7 Å². The topological polar surface area (TPSA) is 66.5 Å². The van der Waals surface area contributed by atoms with Gasteiger partial charge in [-0.05, 0) is 60.9 Å². The Bertz CT molecular complexity index is 845. The lowest BCUT2D eigenvalue weighted by atomic mass is 10.1. The number of hydrogen-bond acceptors (Lipinski definition) is 4. The van der Waals surface area contributed by atoms with E-state index in [0.29, 0.717) is 19.4 Å². The largest absolute Gasteiger partial charge is 0.326 e. The third-order valence-corrected chi connectivity index (χ3v) is 6.39. The molecule has 3 rings (SSSR count). The Morgan fingerprint density at radius 2 is 2.12 bits per heavy atom. The van der Waals surface area contributed by atoms with Gasteiger partial charge in [-0.15, -0.1) is 11.3 Å². The molecule has 2 heterocycles. The quantitative estimate of drug-likeness (QED) is 0.751. The fourth-order valence-electron chi connectivity index (χ4n) is 3.06. The standard InChI is InChI=1S/C18H22N2O3S2/c1-25(22,23)20-11-10-14-13-15(8-9-17(14)20)19-18(21)7-3-2-5-16-6-4-12-24-16/h4,6,8-9,12-13H,2-3,5,7,10-11H2,1H3,(H,19,21). The zero-order valence-electron chi connectivity index (χ0n) is 14.2. The molecular formula is C18H22N2O3S2. The van der Waals surface area contributed by atoms with E-state index in [-0.39, 0.29) is 5.91 Å². The second-order valence-corrected chi connectivity index (χ2v) is 9.20. The maximum absolute atomic E-state index is 12.1. The van der Waals surface area contributed by atoms with Gasteiger partial charge in [-0.3, -0.25) is 9.10 Å². The van der Waals surface area contributed by atoms with Crippen molar-refractivity contribution in [3.63, 3.8) is 0 Å². The first-order valence-corrected chi connectivity index (χ1v) is 11.1. The molecule has 1 aromatic heterocycles. The Kier molecular flexibility index (Phi) is 5.44. The molecule has 1 aromatic carbocycles. The van der Waals surface area contributed by atoms with Crippen molar-refractivity contribution in [1.82, 2.24) is 0 Å². The Labute approximate surface area is 152 Å². The number of unbranched alkanes of at least 4 members (excludes halogenated alkanes) is 1. The van der Waals surface area contributed by atoms with Gasteiger partial charge in [0.15, 0.2) is 0 Å². The molecule has 0 unspecified atom stereocenters. The minimum absolute atomic E-state index is 0.00379. The molecule has 1 amide bonds. The van der Waals surface area contributed by atoms with Crippen LogP contribution in [0.3, 0.4) is 0 Å². The van der Waals surface area contributed by atoms with Gasteiger partial charge in [0.2, 0.25) is 15.9 Å². The minimum Gasteiger partial charge on any atom is -0.326 e. The molecule has 0 aliphatic carbocycles. The lowest BCUT2D eigenvalue weighted by Crippen LogP contribution is -2.27. The molecule has 25 heavy (non-hydrogen) atoms. The predicted molar refractivity (Wildman–Crippen MR) is 103 cm³/mol. The number of benzene rings is 1. The van der Waals surface area contributed by atoms with E-state index in [0.717, 1.165) is 36.2 Å². The van der Waals surface area contributed by atoms with Crippen LogP contribution >= 0.6 is 11.3 Å². The van der Waals surface area contributed by atoms with Crippen LogP contribution in [-0.4, -0.2) is 27.1 Å². The fraction of sp³-hybridized carbons (Fsp3) is 0.389. The number of sulfonamides is 1. The fourth-order valence-corrected chi connectivity index (χ4v) is 4.77. The maximum atomic E-state index is 12.1. The van der Waals surface area contributed by atoms with Crippen LogP contribution in [0.2, 0.25) is 0 Å². The van der Waals surface area contributed by atoms with Crippen molar-refractivity contribution in [3.8, 4) is 0 Å². The van der Waals surface area contributed by atoms with Gasteiger partial charge in [0.1, 0.15) is 0 Å². The molecule has 0 radical (unpaired) electrons. The van der Waals surface area contributed by atoms with Crippen LogP contribution in [0.5, 0.6) is 0 Å². The van der Waals surface area contributed by atoms with Crippen molar-refractivity contribution in [2.75, 3.05) is 22.4 Å². The number of carbonyl (C=O) groups is 1. The lowest BCUT2D eigenvalue weighted by molar-refractivity contribution is -0.116. The molecule has 0 atom stereocenters. The molecular weight excluding hydrogens is 356 g/mol. The highest BCUT2D eigenvalue weighted by atomic mass is 32.2. The summed E-state index contributed by atoms with van der Waals surface area (Å²) in [5, 5.41) is 4.98. The SMILES string of the molecule is CS(=O)(=O)N1CCc2cc(NC(=O)CCCCc3cccs3)ccc21. The average Bonchev–Trinajstić information content (AvgIpc) is 3.20. The van der Waals surface area contributed by atoms with Crippen molar-refractivity contribution >= 4 is 38.6 Å². The number of nitrogens with one attached hydrogen (secondary N) is 1. The zero-order valence-corrected chi connectivity index (χ0v) is 15.8. The van der Waals surface area contributed by atoms with E-state index in [1.54, 1.807) is 23.5 Å². The van der Waals surface area contributed by atoms with Crippen LogP contribution in [0.15, 0.2) is 35.7 Å². The number of aryl methyl sites for hydroxylation is 1. The summed E-state index contributed by atoms with van der Waals surface area (Å²) >= 11 is 1.75. The smallest absolute Gasteiger partial charge is 0.232 e. The van der Waals surface area contributed by atoms with E-state index < -0.39 is 10.0 Å². The number of fused-ring (bicyclic) bond motifs is 1. The Morgan fingerprint density at radius 1 is 1.28 bits per heavy atom. The third-order valence-electron chi connectivity index (χ3n) is 4.27. The monoisotopic (exact) mass is 378 g/mol. The molecule has 1 N–H and O–H groups in total. The zero-order chi connectivity index (χ0) is 17.9.